The standard InChI is InChI=1S/C26H17BrN2O9/c1-14(30)36-22-9-5-16(13-23(22)35-2)24-28-20(26(32)38-24)12-17-11-18(27)6-10-21(17)37-25(31)15-3-7-19(8-4-15)29(33)34/h3-13H,1-2H3/b20-12-. The molecule has 0 saturated carbocycles. The molecule has 11 nitrogen and oxygen atoms in total. The van der Waals surface area contributed by atoms with E-state index in [0.717, 1.165) is 0 Å². The van der Waals surface area contributed by atoms with Gasteiger partial charge in [-0.1, -0.05) is 15.9 Å². The van der Waals surface area contributed by atoms with Crippen molar-refractivity contribution >= 4 is 51.5 Å². The molecule has 0 radical (unpaired) electrons. The average molecular weight is 581 g/mol. The SMILES string of the molecule is COc1cc(C2=N/C(=C\c3cc(Br)ccc3OC(=O)c3ccc([N+](=O)[O-])cc3)C(=O)O2)ccc1OC(C)=O. The quantitative estimate of drug-likeness (QED) is 0.126. The van der Waals surface area contributed by atoms with Crippen LogP contribution in [0.1, 0.15) is 28.4 Å². The molecule has 0 amide bonds. The number of hydrogen-bond acceptors (Lipinski definition) is 10. The molecule has 1 heterocycles. The van der Waals surface area contributed by atoms with Gasteiger partial charge in [0.15, 0.2) is 17.2 Å². The maximum atomic E-state index is 12.6. The third kappa shape index (κ3) is 5.93. The fourth-order valence-electron chi connectivity index (χ4n) is 3.32. The van der Waals surface area contributed by atoms with Gasteiger partial charge in [-0.2, -0.15) is 0 Å². The van der Waals surface area contributed by atoms with Gasteiger partial charge < -0.3 is 18.9 Å². The minimum absolute atomic E-state index is 0.00616. The van der Waals surface area contributed by atoms with E-state index in [9.17, 15) is 24.5 Å². The van der Waals surface area contributed by atoms with Gasteiger partial charge >= 0.3 is 17.9 Å². The van der Waals surface area contributed by atoms with E-state index in [4.69, 9.17) is 18.9 Å². The third-order valence-corrected chi connectivity index (χ3v) is 5.56. The van der Waals surface area contributed by atoms with Crippen molar-refractivity contribution in [1.29, 1.82) is 0 Å². The summed E-state index contributed by atoms with van der Waals surface area (Å²) >= 11 is 3.35. The number of methoxy groups -OCH3 is 1. The van der Waals surface area contributed by atoms with Crippen molar-refractivity contribution in [2.24, 2.45) is 4.99 Å². The molecule has 0 aromatic heterocycles. The molecule has 1 aliphatic rings. The number of halogens is 1. The summed E-state index contributed by atoms with van der Waals surface area (Å²) in [6.07, 6.45) is 1.39. The summed E-state index contributed by atoms with van der Waals surface area (Å²) in [5, 5.41) is 10.8. The number of ether oxygens (including phenoxy) is 4. The normalized spacial score (nSPS) is 13.5. The lowest BCUT2D eigenvalue weighted by molar-refractivity contribution is -0.384. The molecule has 0 aliphatic carbocycles. The number of nitro groups is 1. The first kappa shape index (κ1) is 26.2. The van der Waals surface area contributed by atoms with E-state index in [2.05, 4.69) is 20.9 Å². The zero-order valence-electron chi connectivity index (χ0n) is 19.8. The second kappa shape index (κ2) is 11.0. The molecule has 0 spiro atoms. The van der Waals surface area contributed by atoms with Gasteiger partial charge in [0.2, 0.25) is 5.90 Å². The predicted octanol–water partition coefficient (Wildman–Crippen LogP) is 4.85. The first-order valence-electron chi connectivity index (χ1n) is 10.8. The maximum absolute atomic E-state index is 12.6. The summed E-state index contributed by atoms with van der Waals surface area (Å²) in [6, 6.07) is 14.3. The van der Waals surface area contributed by atoms with Gasteiger partial charge in [-0.25, -0.2) is 14.6 Å². The molecular formula is C26H17BrN2O9. The lowest BCUT2D eigenvalue weighted by atomic mass is 10.1. The Morgan fingerprint density at radius 1 is 1.00 bits per heavy atom. The fourth-order valence-corrected chi connectivity index (χ4v) is 3.70. The zero-order chi connectivity index (χ0) is 27.4. The van der Waals surface area contributed by atoms with E-state index in [0.29, 0.717) is 15.6 Å². The molecule has 0 unspecified atom stereocenters. The van der Waals surface area contributed by atoms with Crippen molar-refractivity contribution in [1.82, 2.24) is 0 Å². The summed E-state index contributed by atoms with van der Waals surface area (Å²) in [4.78, 5) is 51.0. The van der Waals surface area contributed by atoms with Crippen LogP contribution in [-0.4, -0.2) is 35.8 Å². The zero-order valence-corrected chi connectivity index (χ0v) is 21.4. The molecule has 1 aliphatic heterocycles. The first-order valence-corrected chi connectivity index (χ1v) is 11.6. The van der Waals surface area contributed by atoms with Crippen LogP contribution in [0.15, 0.2) is 75.8 Å². The Hall–Kier alpha value is -4.84. The molecule has 0 bridgehead atoms. The lowest BCUT2D eigenvalue weighted by Gasteiger charge is -2.09. The Bertz CT molecular complexity index is 1530. The fraction of sp³-hybridized carbons (Fsp3) is 0.0769. The van der Waals surface area contributed by atoms with E-state index in [1.54, 1.807) is 18.2 Å². The Kier molecular flexibility index (Phi) is 7.63. The lowest BCUT2D eigenvalue weighted by Crippen LogP contribution is -2.09. The number of hydrogen-bond donors (Lipinski definition) is 0. The molecule has 12 heteroatoms. The van der Waals surface area contributed by atoms with Crippen LogP contribution in [0, 0.1) is 10.1 Å². The van der Waals surface area contributed by atoms with Crippen LogP contribution in [0.2, 0.25) is 0 Å². The van der Waals surface area contributed by atoms with Crippen LogP contribution in [-0.2, 0) is 14.3 Å². The highest BCUT2D eigenvalue weighted by Crippen LogP contribution is 2.32. The van der Waals surface area contributed by atoms with Crippen LogP contribution in [0.3, 0.4) is 0 Å². The van der Waals surface area contributed by atoms with Crippen molar-refractivity contribution in [3.05, 3.63) is 97.6 Å². The highest BCUT2D eigenvalue weighted by Gasteiger charge is 2.26. The number of nitrogens with zero attached hydrogens (tertiary/aromatic N) is 2. The van der Waals surface area contributed by atoms with Gasteiger partial charge in [0, 0.05) is 34.7 Å². The number of cyclic esters (lactones) is 1. The van der Waals surface area contributed by atoms with E-state index in [1.165, 1.54) is 62.6 Å². The van der Waals surface area contributed by atoms with Gasteiger partial charge in [-0.3, -0.25) is 14.9 Å². The number of esters is 3. The van der Waals surface area contributed by atoms with Gasteiger partial charge in [-0.15, -0.1) is 0 Å². The summed E-state index contributed by atoms with van der Waals surface area (Å²) in [7, 11) is 1.40. The molecular weight excluding hydrogens is 564 g/mol. The minimum atomic E-state index is -0.750. The average Bonchev–Trinajstić information content (AvgIpc) is 3.25. The molecule has 3 aromatic carbocycles. The van der Waals surface area contributed by atoms with E-state index < -0.39 is 22.8 Å². The van der Waals surface area contributed by atoms with Crippen molar-refractivity contribution in [3.63, 3.8) is 0 Å². The third-order valence-electron chi connectivity index (χ3n) is 5.07. The summed E-state index contributed by atoms with van der Waals surface area (Å²) in [6.45, 7) is 1.26. The Morgan fingerprint density at radius 3 is 2.37 bits per heavy atom. The molecule has 3 aromatic rings. The smallest absolute Gasteiger partial charge is 0.363 e. The van der Waals surface area contributed by atoms with Crippen molar-refractivity contribution in [2.45, 2.75) is 6.92 Å². The first-order chi connectivity index (χ1) is 18.1. The number of carbonyl (C=O) groups excluding carboxylic acids is 3. The van der Waals surface area contributed by atoms with Crippen molar-refractivity contribution in [3.8, 4) is 17.2 Å². The number of nitro benzene ring substituents is 1. The van der Waals surface area contributed by atoms with E-state index >= 15 is 0 Å². The van der Waals surface area contributed by atoms with Gasteiger partial charge in [0.1, 0.15) is 5.75 Å². The monoisotopic (exact) mass is 580 g/mol. The number of benzene rings is 3. The van der Waals surface area contributed by atoms with Crippen LogP contribution < -0.4 is 14.2 Å². The molecule has 192 valence electrons. The number of aliphatic imine (C=N–C) groups is 1. The van der Waals surface area contributed by atoms with Gasteiger partial charge in [0.25, 0.3) is 5.69 Å². The van der Waals surface area contributed by atoms with E-state index in [1.807, 2.05) is 0 Å². The second-order valence-corrected chi connectivity index (χ2v) is 8.59. The van der Waals surface area contributed by atoms with Crippen LogP contribution >= 0.6 is 15.9 Å². The number of rotatable bonds is 7. The summed E-state index contributed by atoms with van der Waals surface area (Å²) in [5.41, 5.74) is 0.614. The minimum Gasteiger partial charge on any atom is -0.493 e. The number of carbonyl (C=O) groups is 3. The van der Waals surface area contributed by atoms with Crippen LogP contribution in [0.25, 0.3) is 6.08 Å². The van der Waals surface area contributed by atoms with Crippen molar-refractivity contribution < 1.29 is 38.3 Å². The molecule has 38 heavy (non-hydrogen) atoms. The predicted molar refractivity (Wildman–Crippen MR) is 137 cm³/mol. The molecule has 4 rings (SSSR count). The van der Waals surface area contributed by atoms with Crippen molar-refractivity contribution in [2.75, 3.05) is 7.11 Å². The summed E-state index contributed by atoms with van der Waals surface area (Å²) in [5.74, 6) is -1.47. The Balaban J connectivity index is 1.62. The Morgan fingerprint density at radius 2 is 1.71 bits per heavy atom. The molecule has 0 fully saturated rings. The number of non-ortho nitro benzene ring substituents is 1. The molecule has 0 N–H and O–H groups in total. The molecule has 0 atom stereocenters. The summed E-state index contributed by atoms with van der Waals surface area (Å²) < 4.78 is 21.8. The van der Waals surface area contributed by atoms with E-state index in [-0.39, 0.29) is 40.1 Å². The largest absolute Gasteiger partial charge is 0.493 e. The van der Waals surface area contributed by atoms with Crippen LogP contribution in [0.4, 0.5) is 5.69 Å². The highest BCUT2D eigenvalue weighted by molar-refractivity contribution is 9.10. The molecule has 0 saturated heterocycles. The van der Waals surface area contributed by atoms with Gasteiger partial charge in [-0.05, 0) is 54.6 Å². The van der Waals surface area contributed by atoms with Gasteiger partial charge in [0.05, 0.1) is 17.6 Å². The highest BCUT2D eigenvalue weighted by atomic mass is 79.9. The second-order valence-electron chi connectivity index (χ2n) is 7.67. The topological polar surface area (TPSA) is 144 Å². The maximum Gasteiger partial charge on any atom is 0.363 e. The Labute approximate surface area is 223 Å². The van der Waals surface area contributed by atoms with Crippen LogP contribution in [0.5, 0.6) is 17.2 Å².